The number of amides is 1. The largest absolute Gasteiger partial charge is 0.393 e. The molecular formula is C14H27N3OS. The summed E-state index contributed by atoms with van der Waals surface area (Å²) in [5.74, 6) is 0.128. The summed E-state index contributed by atoms with van der Waals surface area (Å²) in [6.45, 7) is 6.90. The van der Waals surface area contributed by atoms with Crippen LogP contribution in [0.15, 0.2) is 0 Å². The van der Waals surface area contributed by atoms with E-state index in [4.69, 9.17) is 18.0 Å². The molecule has 0 spiro atoms. The van der Waals surface area contributed by atoms with Crippen LogP contribution < -0.4 is 11.1 Å². The van der Waals surface area contributed by atoms with Crippen LogP contribution in [0.25, 0.3) is 0 Å². The minimum absolute atomic E-state index is 0.128. The Morgan fingerprint density at radius 3 is 2.42 bits per heavy atom. The third-order valence-corrected chi connectivity index (χ3v) is 4.06. The molecule has 1 aliphatic rings. The second kappa shape index (κ2) is 7.80. The van der Waals surface area contributed by atoms with E-state index in [2.05, 4.69) is 24.1 Å². The molecule has 1 aliphatic carbocycles. The van der Waals surface area contributed by atoms with Crippen molar-refractivity contribution in [2.24, 2.45) is 5.73 Å². The Hall–Kier alpha value is -0.680. The second-order valence-corrected chi connectivity index (χ2v) is 6.24. The molecule has 110 valence electrons. The lowest BCUT2D eigenvalue weighted by atomic mass is 10.1. The van der Waals surface area contributed by atoms with Crippen molar-refractivity contribution in [1.29, 1.82) is 0 Å². The topological polar surface area (TPSA) is 58.4 Å². The van der Waals surface area contributed by atoms with Crippen LogP contribution >= 0.6 is 12.2 Å². The fraction of sp³-hybridized carbons (Fsp3) is 0.857. The predicted octanol–water partition coefficient (Wildman–Crippen LogP) is 1.82. The van der Waals surface area contributed by atoms with Crippen molar-refractivity contribution in [3.8, 4) is 0 Å². The summed E-state index contributed by atoms with van der Waals surface area (Å²) >= 11 is 4.92. The highest BCUT2D eigenvalue weighted by molar-refractivity contribution is 7.80. The lowest BCUT2D eigenvalue weighted by Gasteiger charge is -2.32. The van der Waals surface area contributed by atoms with Crippen LogP contribution in [0.2, 0.25) is 0 Å². The van der Waals surface area contributed by atoms with Crippen LogP contribution in [0.4, 0.5) is 0 Å². The van der Waals surface area contributed by atoms with E-state index in [1.54, 1.807) is 0 Å². The van der Waals surface area contributed by atoms with Crippen molar-refractivity contribution in [2.75, 3.05) is 6.54 Å². The highest BCUT2D eigenvalue weighted by Crippen LogP contribution is 2.18. The molecular weight excluding hydrogens is 258 g/mol. The van der Waals surface area contributed by atoms with Gasteiger partial charge >= 0.3 is 0 Å². The van der Waals surface area contributed by atoms with Crippen molar-refractivity contribution in [1.82, 2.24) is 10.2 Å². The molecule has 1 rings (SSSR count). The van der Waals surface area contributed by atoms with Crippen LogP contribution in [0.3, 0.4) is 0 Å². The maximum absolute atomic E-state index is 12.3. The first kappa shape index (κ1) is 16.4. The van der Waals surface area contributed by atoms with Crippen LogP contribution in [-0.4, -0.2) is 40.5 Å². The Morgan fingerprint density at radius 2 is 1.95 bits per heavy atom. The molecule has 0 aromatic rings. The molecule has 1 saturated carbocycles. The van der Waals surface area contributed by atoms with E-state index < -0.39 is 0 Å². The van der Waals surface area contributed by atoms with E-state index in [-0.39, 0.29) is 11.9 Å². The molecule has 1 unspecified atom stereocenters. The quantitative estimate of drug-likeness (QED) is 0.701. The highest BCUT2D eigenvalue weighted by Gasteiger charge is 2.26. The second-order valence-electron chi connectivity index (χ2n) is 5.71. The molecule has 1 atom stereocenters. The highest BCUT2D eigenvalue weighted by atomic mass is 32.1. The first-order chi connectivity index (χ1) is 8.91. The number of nitrogens with two attached hydrogens (primary N) is 1. The third kappa shape index (κ3) is 5.45. The van der Waals surface area contributed by atoms with Crippen molar-refractivity contribution >= 4 is 23.1 Å². The van der Waals surface area contributed by atoms with Gasteiger partial charge < -0.3 is 11.1 Å². The van der Waals surface area contributed by atoms with Gasteiger partial charge in [-0.1, -0.05) is 25.1 Å². The SMILES string of the molecule is CC(C)N(CCC(N)=S)C(C)C(=O)NC1CCCC1. The van der Waals surface area contributed by atoms with Crippen LogP contribution in [-0.2, 0) is 4.79 Å². The minimum Gasteiger partial charge on any atom is -0.393 e. The molecule has 5 heteroatoms. The molecule has 3 N–H and O–H groups in total. The summed E-state index contributed by atoms with van der Waals surface area (Å²) in [4.78, 5) is 14.9. The van der Waals surface area contributed by atoms with Gasteiger partial charge in [-0.3, -0.25) is 9.69 Å². The van der Waals surface area contributed by atoms with Gasteiger partial charge in [-0.05, 0) is 33.6 Å². The molecule has 4 nitrogen and oxygen atoms in total. The van der Waals surface area contributed by atoms with Gasteiger partial charge in [0.05, 0.1) is 11.0 Å². The van der Waals surface area contributed by atoms with Gasteiger partial charge in [0.25, 0.3) is 0 Å². The summed E-state index contributed by atoms with van der Waals surface area (Å²) in [7, 11) is 0. The fourth-order valence-corrected chi connectivity index (χ4v) is 2.77. The van der Waals surface area contributed by atoms with Crippen molar-refractivity contribution in [3.05, 3.63) is 0 Å². The summed E-state index contributed by atoms with van der Waals surface area (Å²) in [5.41, 5.74) is 5.55. The molecule has 19 heavy (non-hydrogen) atoms. The Labute approximate surface area is 122 Å². The number of hydrogen-bond donors (Lipinski definition) is 2. The number of carbonyl (C=O) groups excluding carboxylic acids is 1. The van der Waals surface area contributed by atoms with Gasteiger partial charge in [-0.25, -0.2) is 0 Å². The summed E-state index contributed by atoms with van der Waals surface area (Å²) in [5, 5.41) is 3.16. The number of nitrogens with zero attached hydrogens (tertiary/aromatic N) is 1. The predicted molar refractivity (Wildman–Crippen MR) is 83.1 cm³/mol. The maximum atomic E-state index is 12.3. The zero-order valence-corrected chi connectivity index (χ0v) is 13.1. The van der Waals surface area contributed by atoms with Crippen LogP contribution in [0.5, 0.6) is 0 Å². The van der Waals surface area contributed by atoms with Crippen molar-refractivity contribution in [3.63, 3.8) is 0 Å². The third-order valence-electron chi connectivity index (χ3n) is 3.86. The molecule has 0 heterocycles. The summed E-state index contributed by atoms with van der Waals surface area (Å²) < 4.78 is 0. The van der Waals surface area contributed by atoms with Gasteiger partial charge in [-0.2, -0.15) is 0 Å². The van der Waals surface area contributed by atoms with Crippen molar-refractivity contribution in [2.45, 2.75) is 71.0 Å². The van der Waals surface area contributed by atoms with Crippen molar-refractivity contribution < 1.29 is 4.79 Å². The van der Waals surface area contributed by atoms with E-state index in [9.17, 15) is 4.79 Å². The number of rotatable bonds is 7. The van der Waals surface area contributed by atoms with E-state index >= 15 is 0 Å². The lowest BCUT2D eigenvalue weighted by Crippen LogP contribution is -2.50. The average molecular weight is 285 g/mol. The molecule has 1 amide bonds. The standard InChI is InChI=1S/C14H27N3OS/c1-10(2)17(9-8-13(15)19)11(3)14(18)16-12-6-4-5-7-12/h10-12H,4-9H2,1-3H3,(H2,15,19)(H,16,18). The summed E-state index contributed by atoms with van der Waals surface area (Å²) in [6, 6.07) is 0.549. The molecule has 0 aromatic heterocycles. The zero-order valence-electron chi connectivity index (χ0n) is 12.3. The maximum Gasteiger partial charge on any atom is 0.237 e. The number of hydrogen-bond acceptors (Lipinski definition) is 3. The number of thiocarbonyl (C=S) groups is 1. The van der Waals surface area contributed by atoms with Gasteiger partial charge in [0, 0.05) is 25.0 Å². The van der Waals surface area contributed by atoms with E-state index in [0.717, 1.165) is 19.4 Å². The Kier molecular flexibility index (Phi) is 6.72. The van der Waals surface area contributed by atoms with E-state index in [1.807, 2.05) is 6.92 Å². The zero-order chi connectivity index (χ0) is 14.4. The molecule has 1 fully saturated rings. The van der Waals surface area contributed by atoms with Gasteiger partial charge in [-0.15, -0.1) is 0 Å². The normalized spacial score (nSPS) is 17.9. The smallest absolute Gasteiger partial charge is 0.237 e. The average Bonchev–Trinajstić information content (AvgIpc) is 2.80. The Morgan fingerprint density at radius 1 is 1.37 bits per heavy atom. The molecule has 0 aromatic carbocycles. The molecule has 0 saturated heterocycles. The van der Waals surface area contributed by atoms with Crippen LogP contribution in [0.1, 0.15) is 52.9 Å². The Bertz CT molecular complexity index is 314. The first-order valence-corrected chi connectivity index (χ1v) is 7.67. The van der Waals surface area contributed by atoms with E-state index in [0.29, 0.717) is 23.5 Å². The molecule has 0 bridgehead atoms. The molecule has 0 aliphatic heterocycles. The minimum atomic E-state index is -0.130. The van der Waals surface area contributed by atoms with Gasteiger partial charge in [0.15, 0.2) is 0 Å². The Balaban J connectivity index is 2.51. The van der Waals surface area contributed by atoms with E-state index in [1.165, 1.54) is 12.8 Å². The van der Waals surface area contributed by atoms with Gasteiger partial charge in [0.2, 0.25) is 5.91 Å². The van der Waals surface area contributed by atoms with Gasteiger partial charge in [0.1, 0.15) is 0 Å². The fourth-order valence-electron chi connectivity index (χ4n) is 2.68. The molecule has 0 radical (unpaired) electrons. The number of nitrogens with one attached hydrogen (secondary N) is 1. The first-order valence-electron chi connectivity index (χ1n) is 7.26. The number of carbonyl (C=O) groups is 1. The van der Waals surface area contributed by atoms with Crippen LogP contribution in [0, 0.1) is 0 Å². The summed E-state index contributed by atoms with van der Waals surface area (Å²) in [6.07, 6.45) is 5.36. The lowest BCUT2D eigenvalue weighted by molar-refractivity contribution is -0.127. The monoisotopic (exact) mass is 285 g/mol.